The summed E-state index contributed by atoms with van der Waals surface area (Å²) < 4.78 is 1.72. The molecule has 0 unspecified atom stereocenters. The lowest BCUT2D eigenvalue weighted by molar-refractivity contribution is 0.331. The smallest absolute Gasteiger partial charge is 0.261 e. The summed E-state index contributed by atoms with van der Waals surface area (Å²) >= 11 is 5.97. The maximum atomic E-state index is 12.5. The van der Waals surface area contributed by atoms with Crippen LogP contribution in [0.2, 0.25) is 5.02 Å². The van der Waals surface area contributed by atoms with E-state index in [-0.39, 0.29) is 5.56 Å². The molecule has 0 saturated carbocycles. The van der Waals surface area contributed by atoms with Crippen molar-refractivity contribution in [3.8, 4) is 0 Å². The molecule has 20 heavy (non-hydrogen) atoms. The number of aromatic nitrogens is 2. The highest BCUT2D eigenvalue weighted by atomic mass is 35.5. The maximum Gasteiger partial charge on any atom is 0.261 e. The predicted octanol–water partition coefficient (Wildman–Crippen LogP) is 2.39. The zero-order chi connectivity index (χ0) is 14.1. The molecular weight excluding hydrogens is 274 g/mol. The van der Waals surface area contributed by atoms with E-state index >= 15 is 0 Å². The summed E-state index contributed by atoms with van der Waals surface area (Å²) in [5, 5.41) is 1.18. The van der Waals surface area contributed by atoms with Gasteiger partial charge in [-0.1, -0.05) is 18.5 Å². The predicted molar refractivity (Wildman–Crippen MR) is 81.2 cm³/mol. The van der Waals surface area contributed by atoms with Crippen molar-refractivity contribution in [1.82, 2.24) is 14.5 Å². The second-order valence-corrected chi connectivity index (χ2v) is 5.85. The molecule has 1 saturated heterocycles. The van der Waals surface area contributed by atoms with E-state index in [0.717, 1.165) is 32.6 Å². The minimum atomic E-state index is 0.00690. The first kappa shape index (κ1) is 13.6. The average molecular weight is 292 g/mol. The van der Waals surface area contributed by atoms with E-state index in [1.807, 2.05) is 0 Å². The fourth-order valence-electron chi connectivity index (χ4n) is 2.89. The Kier molecular flexibility index (Phi) is 3.76. The van der Waals surface area contributed by atoms with Crippen LogP contribution in [0.3, 0.4) is 0 Å². The first-order valence-electron chi connectivity index (χ1n) is 7.04. The first-order chi connectivity index (χ1) is 9.67. The topological polar surface area (TPSA) is 38.1 Å². The van der Waals surface area contributed by atoms with Gasteiger partial charge in [0.2, 0.25) is 0 Å². The van der Waals surface area contributed by atoms with Crippen molar-refractivity contribution in [2.24, 2.45) is 5.92 Å². The highest BCUT2D eigenvalue weighted by Crippen LogP contribution is 2.18. The molecule has 106 valence electrons. The van der Waals surface area contributed by atoms with Crippen LogP contribution in [-0.4, -0.2) is 34.1 Å². The summed E-state index contributed by atoms with van der Waals surface area (Å²) in [6, 6.07) is 5.25. The Labute approximate surface area is 123 Å². The zero-order valence-corrected chi connectivity index (χ0v) is 12.3. The molecular formula is C15H18ClN3O. The van der Waals surface area contributed by atoms with Crippen LogP contribution in [0.15, 0.2) is 29.3 Å². The minimum absolute atomic E-state index is 0.00690. The Bertz CT molecular complexity index is 682. The van der Waals surface area contributed by atoms with Gasteiger partial charge in [0.05, 0.1) is 17.2 Å². The molecule has 4 nitrogen and oxygen atoms in total. The molecule has 1 aromatic carbocycles. The van der Waals surface area contributed by atoms with Gasteiger partial charge in [0.15, 0.2) is 0 Å². The van der Waals surface area contributed by atoms with E-state index in [1.54, 1.807) is 29.1 Å². The molecule has 1 aliphatic rings. The summed E-state index contributed by atoms with van der Waals surface area (Å²) in [5.41, 5.74) is 0.713. The molecule has 3 rings (SSSR count). The Balaban J connectivity index is 1.89. The number of halogens is 1. The molecule has 0 radical (unpaired) electrons. The quantitative estimate of drug-likeness (QED) is 0.871. The monoisotopic (exact) mass is 291 g/mol. The lowest BCUT2D eigenvalue weighted by Crippen LogP contribution is -2.26. The average Bonchev–Trinajstić information content (AvgIpc) is 2.90. The lowest BCUT2D eigenvalue weighted by atomic mass is 10.1. The largest absolute Gasteiger partial charge is 0.303 e. The van der Waals surface area contributed by atoms with E-state index in [9.17, 15) is 4.79 Å². The van der Waals surface area contributed by atoms with Crippen molar-refractivity contribution in [2.75, 3.05) is 19.6 Å². The second-order valence-electron chi connectivity index (χ2n) is 5.41. The summed E-state index contributed by atoms with van der Waals surface area (Å²) in [6.45, 7) is 6.19. The van der Waals surface area contributed by atoms with Crippen LogP contribution in [0.1, 0.15) is 13.3 Å². The second kappa shape index (κ2) is 5.54. The molecule has 1 fully saturated rings. The standard InChI is InChI=1S/C15H18ClN3O/c1-2-18-6-5-11(8-18)9-19-10-17-14-4-3-12(16)7-13(14)15(19)20/h3-4,7,10-11H,2,5-6,8-9H2,1H3/t11-/m1/s1. The van der Waals surface area contributed by atoms with Gasteiger partial charge in [-0.2, -0.15) is 0 Å². The van der Waals surface area contributed by atoms with E-state index < -0.39 is 0 Å². The number of rotatable bonds is 3. The van der Waals surface area contributed by atoms with Crippen molar-refractivity contribution in [1.29, 1.82) is 0 Å². The molecule has 1 aliphatic heterocycles. The molecule has 1 aromatic heterocycles. The van der Waals surface area contributed by atoms with Gasteiger partial charge >= 0.3 is 0 Å². The number of nitrogens with zero attached hydrogens (tertiary/aromatic N) is 3. The van der Waals surface area contributed by atoms with Gasteiger partial charge in [-0.15, -0.1) is 0 Å². The molecule has 0 bridgehead atoms. The van der Waals surface area contributed by atoms with E-state index in [1.165, 1.54) is 0 Å². The van der Waals surface area contributed by atoms with Gasteiger partial charge in [-0.3, -0.25) is 9.36 Å². The van der Waals surface area contributed by atoms with E-state index in [0.29, 0.717) is 21.8 Å². The van der Waals surface area contributed by atoms with Gasteiger partial charge in [0.1, 0.15) is 0 Å². The van der Waals surface area contributed by atoms with Crippen LogP contribution in [0.5, 0.6) is 0 Å². The van der Waals surface area contributed by atoms with Crippen LogP contribution in [0.4, 0.5) is 0 Å². The van der Waals surface area contributed by atoms with Gasteiger partial charge in [-0.25, -0.2) is 4.98 Å². The van der Waals surface area contributed by atoms with Gasteiger partial charge < -0.3 is 4.90 Å². The van der Waals surface area contributed by atoms with Gasteiger partial charge in [0, 0.05) is 18.1 Å². The highest BCUT2D eigenvalue weighted by molar-refractivity contribution is 6.31. The van der Waals surface area contributed by atoms with Gasteiger partial charge in [-0.05, 0) is 43.6 Å². The fraction of sp³-hybridized carbons (Fsp3) is 0.467. The Morgan fingerprint density at radius 3 is 3.05 bits per heavy atom. The van der Waals surface area contributed by atoms with E-state index in [2.05, 4.69) is 16.8 Å². The maximum absolute atomic E-state index is 12.5. The molecule has 0 amide bonds. The van der Waals surface area contributed by atoms with E-state index in [4.69, 9.17) is 11.6 Å². The number of likely N-dealkylation sites (tertiary alicyclic amines) is 1. The molecule has 0 aliphatic carbocycles. The molecule has 2 heterocycles. The van der Waals surface area contributed by atoms with Crippen molar-refractivity contribution in [3.05, 3.63) is 39.9 Å². The summed E-state index contributed by atoms with van der Waals surface area (Å²) in [6.07, 6.45) is 2.81. The zero-order valence-electron chi connectivity index (χ0n) is 11.6. The Morgan fingerprint density at radius 1 is 1.45 bits per heavy atom. The SMILES string of the molecule is CCN1CC[C@@H](Cn2cnc3ccc(Cl)cc3c2=O)C1. The minimum Gasteiger partial charge on any atom is -0.303 e. The van der Waals surface area contributed by atoms with Crippen molar-refractivity contribution in [3.63, 3.8) is 0 Å². The van der Waals surface area contributed by atoms with Crippen LogP contribution >= 0.6 is 11.6 Å². The fourth-order valence-corrected chi connectivity index (χ4v) is 3.06. The normalized spacial score (nSPS) is 19.8. The van der Waals surface area contributed by atoms with Crippen molar-refractivity contribution >= 4 is 22.5 Å². The lowest BCUT2D eigenvalue weighted by Gasteiger charge is -2.14. The number of hydrogen-bond donors (Lipinski definition) is 0. The molecule has 0 N–H and O–H groups in total. The molecule has 5 heteroatoms. The summed E-state index contributed by atoms with van der Waals surface area (Å²) in [7, 11) is 0. The summed E-state index contributed by atoms with van der Waals surface area (Å²) in [5.74, 6) is 0.533. The van der Waals surface area contributed by atoms with Crippen LogP contribution in [-0.2, 0) is 6.54 Å². The van der Waals surface area contributed by atoms with Crippen molar-refractivity contribution in [2.45, 2.75) is 19.9 Å². The van der Waals surface area contributed by atoms with Crippen LogP contribution in [0, 0.1) is 5.92 Å². The van der Waals surface area contributed by atoms with Crippen LogP contribution < -0.4 is 5.56 Å². The van der Waals surface area contributed by atoms with Gasteiger partial charge in [0.25, 0.3) is 5.56 Å². The highest BCUT2D eigenvalue weighted by Gasteiger charge is 2.22. The Morgan fingerprint density at radius 2 is 2.30 bits per heavy atom. The molecule has 0 spiro atoms. The Hall–Kier alpha value is -1.39. The third-order valence-corrected chi connectivity index (χ3v) is 4.29. The number of hydrogen-bond acceptors (Lipinski definition) is 3. The molecule has 1 atom stereocenters. The van der Waals surface area contributed by atoms with Crippen molar-refractivity contribution < 1.29 is 0 Å². The number of fused-ring (bicyclic) bond motifs is 1. The number of benzene rings is 1. The first-order valence-corrected chi connectivity index (χ1v) is 7.42. The van der Waals surface area contributed by atoms with Crippen LogP contribution in [0.25, 0.3) is 10.9 Å². The molecule has 2 aromatic rings. The summed E-state index contributed by atoms with van der Waals surface area (Å²) in [4.78, 5) is 19.2. The third-order valence-electron chi connectivity index (χ3n) is 4.06. The third kappa shape index (κ3) is 2.58.